The van der Waals surface area contributed by atoms with Gasteiger partial charge in [0.15, 0.2) is 0 Å². The average Bonchev–Trinajstić information content (AvgIpc) is 2.49. The third kappa shape index (κ3) is 3.59. The number of carbonyl (C=O) groups is 1. The van der Waals surface area contributed by atoms with Crippen molar-refractivity contribution in [3.63, 3.8) is 0 Å². The van der Waals surface area contributed by atoms with Gasteiger partial charge in [-0.2, -0.15) is 5.10 Å². The maximum Gasteiger partial charge on any atom is 0.275 e. The molecule has 2 heterocycles. The Kier molecular flexibility index (Phi) is 4.17. The van der Waals surface area contributed by atoms with E-state index in [1.165, 1.54) is 4.68 Å². The predicted octanol–water partition coefficient (Wildman–Crippen LogP) is 1.47. The zero-order valence-corrected chi connectivity index (χ0v) is 13.4. The number of ether oxygens (including phenoxy) is 1. The Bertz CT molecular complexity index is 782. The fourth-order valence-electron chi connectivity index (χ4n) is 3.00. The lowest BCUT2D eigenvalue weighted by Crippen LogP contribution is -2.47. The summed E-state index contributed by atoms with van der Waals surface area (Å²) in [5.74, 6) is -0.197. The van der Waals surface area contributed by atoms with Gasteiger partial charge >= 0.3 is 0 Å². The Morgan fingerprint density at radius 2 is 2.22 bits per heavy atom. The second-order valence-corrected chi connectivity index (χ2v) is 6.56. The summed E-state index contributed by atoms with van der Waals surface area (Å²) in [5, 5.41) is 8.42. The zero-order chi connectivity index (χ0) is 16.4. The standard InChI is InChI=1S/C17H21N3O3/c1-17(2)9-13(7-8-23-17)19-15(21)11-20-16(22)14-6-4-3-5-12(14)10-18-20/h3-6,10,13H,7-9,11H2,1-2H3,(H,19,21). The number of nitrogens with zero attached hydrogens (tertiary/aromatic N) is 2. The first-order valence-electron chi connectivity index (χ1n) is 7.83. The largest absolute Gasteiger partial charge is 0.375 e. The molecule has 1 aliphatic rings. The van der Waals surface area contributed by atoms with E-state index in [-0.39, 0.29) is 29.7 Å². The third-order valence-corrected chi connectivity index (χ3v) is 4.12. The van der Waals surface area contributed by atoms with E-state index in [2.05, 4.69) is 10.4 Å². The van der Waals surface area contributed by atoms with Gasteiger partial charge in [-0.25, -0.2) is 4.68 Å². The fraction of sp³-hybridized carbons (Fsp3) is 0.471. The highest BCUT2D eigenvalue weighted by Crippen LogP contribution is 2.23. The lowest BCUT2D eigenvalue weighted by molar-refractivity contribution is -0.124. The highest BCUT2D eigenvalue weighted by molar-refractivity contribution is 5.81. The molecule has 1 fully saturated rings. The molecule has 1 atom stereocenters. The first-order chi connectivity index (χ1) is 10.9. The van der Waals surface area contributed by atoms with Gasteiger partial charge in [-0.05, 0) is 32.8 Å². The van der Waals surface area contributed by atoms with Crippen LogP contribution in [0.5, 0.6) is 0 Å². The van der Waals surface area contributed by atoms with Crippen LogP contribution < -0.4 is 10.9 Å². The Labute approximate surface area is 134 Å². The Balaban J connectivity index is 1.71. The molecule has 0 radical (unpaired) electrons. The monoisotopic (exact) mass is 315 g/mol. The van der Waals surface area contributed by atoms with Crippen molar-refractivity contribution in [1.29, 1.82) is 0 Å². The van der Waals surface area contributed by atoms with Crippen LogP contribution in [0.4, 0.5) is 0 Å². The Hall–Kier alpha value is -2.21. The average molecular weight is 315 g/mol. The lowest BCUT2D eigenvalue weighted by Gasteiger charge is -2.35. The summed E-state index contributed by atoms with van der Waals surface area (Å²) >= 11 is 0. The molecule has 0 bridgehead atoms. The molecule has 1 amide bonds. The molecule has 1 saturated heterocycles. The first-order valence-corrected chi connectivity index (χ1v) is 7.83. The number of nitrogens with one attached hydrogen (secondary N) is 1. The van der Waals surface area contributed by atoms with Gasteiger partial charge in [-0.1, -0.05) is 18.2 Å². The molecule has 1 N–H and O–H groups in total. The van der Waals surface area contributed by atoms with Crippen molar-refractivity contribution < 1.29 is 9.53 Å². The molecule has 23 heavy (non-hydrogen) atoms. The SMILES string of the molecule is CC1(C)CC(NC(=O)Cn2ncc3ccccc3c2=O)CCO1. The summed E-state index contributed by atoms with van der Waals surface area (Å²) in [6.07, 6.45) is 3.16. The highest BCUT2D eigenvalue weighted by Gasteiger charge is 2.29. The quantitative estimate of drug-likeness (QED) is 0.931. The van der Waals surface area contributed by atoms with E-state index in [4.69, 9.17) is 4.74 Å². The van der Waals surface area contributed by atoms with E-state index in [9.17, 15) is 9.59 Å². The predicted molar refractivity (Wildman–Crippen MR) is 87.2 cm³/mol. The summed E-state index contributed by atoms with van der Waals surface area (Å²) in [5.41, 5.74) is -0.473. The van der Waals surface area contributed by atoms with E-state index >= 15 is 0 Å². The van der Waals surface area contributed by atoms with Crippen LogP contribution in [0.15, 0.2) is 35.3 Å². The second kappa shape index (κ2) is 6.12. The van der Waals surface area contributed by atoms with Crippen molar-refractivity contribution >= 4 is 16.7 Å². The minimum atomic E-state index is -0.245. The van der Waals surface area contributed by atoms with Gasteiger partial charge < -0.3 is 10.1 Å². The van der Waals surface area contributed by atoms with Crippen molar-refractivity contribution in [3.05, 3.63) is 40.8 Å². The highest BCUT2D eigenvalue weighted by atomic mass is 16.5. The van der Waals surface area contributed by atoms with E-state index < -0.39 is 0 Å². The van der Waals surface area contributed by atoms with Crippen LogP contribution in [0.3, 0.4) is 0 Å². The number of aromatic nitrogens is 2. The molecule has 122 valence electrons. The molecule has 2 aromatic rings. The van der Waals surface area contributed by atoms with Crippen LogP contribution in [-0.4, -0.2) is 33.9 Å². The van der Waals surface area contributed by atoms with Gasteiger partial charge in [0.05, 0.1) is 17.2 Å². The number of benzene rings is 1. The molecule has 1 unspecified atom stereocenters. The number of fused-ring (bicyclic) bond motifs is 1. The van der Waals surface area contributed by atoms with Crippen LogP contribution in [-0.2, 0) is 16.1 Å². The van der Waals surface area contributed by atoms with Crippen molar-refractivity contribution in [2.45, 2.75) is 44.9 Å². The Morgan fingerprint density at radius 3 is 3.00 bits per heavy atom. The third-order valence-electron chi connectivity index (χ3n) is 4.12. The van der Waals surface area contributed by atoms with Crippen LogP contribution in [0.25, 0.3) is 10.8 Å². The topological polar surface area (TPSA) is 73.2 Å². The van der Waals surface area contributed by atoms with Gasteiger partial charge in [0.25, 0.3) is 5.56 Å². The van der Waals surface area contributed by atoms with Crippen LogP contribution in [0, 0.1) is 0 Å². The summed E-state index contributed by atoms with van der Waals surface area (Å²) in [6, 6.07) is 7.31. The number of carbonyl (C=O) groups excluding carboxylic acids is 1. The van der Waals surface area contributed by atoms with Crippen molar-refractivity contribution in [3.8, 4) is 0 Å². The van der Waals surface area contributed by atoms with Gasteiger partial charge in [0.1, 0.15) is 6.54 Å². The van der Waals surface area contributed by atoms with Gasteiger partial charge in [-0.3, -0.25) is 9.59 Å². The van der Waals surface area contributed by atoms with Gasteiger partial charge in [-0.15, -0.1) is 0 Å². The molecular formula is C17H21N3O3. The minimum Gasteiger partial charge on any atom is -0.375 e. The summed E-state index contributed by atoms with van der Waals surface area (Å²) in [7, 11) is 0. The normalized spacial score (nSPS) is 20.3. The molecule has 1 aromatic carbocycles. The van der Waals surface area contributed by atoms with E-state index in [1.54, 1.807) is 18.3 Å². The number of amides is 1. The van der Waals surface area contributed by atoms with Crippen LogP contribution >= 0.6 is 0 Å². The second-order valence-electron chi connectivity index (χ2n) is 6.56. The van der Waals surface area contributed by atoms with Gasteiger partial charge in [0.2, 0.25) is 5.91 Å². The molecule has 3 rings (SSSR count). The van der Waals surface area contributed by atoms with Gasteiger partial charge in [0, 0.05) is 18.0 Å². The summed E-state index contributed by atoms with van der Waals surface area (Å²) in [6.45, 7) is 4.59. The maximum atomic E-state index is 12.4. The molecule has 1 aliphatic heterocycles. The minimum absolute atomic E-state index is 0.0680. The van der Waals surface area contributed by atoms with Crippen molar-refractivity contribution in [2.75, 3.05) is 6.61 Å². The summed E-state index contributed by atoms with van der Waals surface area (Å²) in [4.78, 5) is 24.6. The molecular weight excluding hydrogens is 294 g/mol. The smallest absolute Gasteiger partial charge is 0.275 e. The number of hydrogen-bond donors (Lipinski definition) is 1. The maximum absolute atomic E-state index is 12.4. The molecule has 1 aromatic heterocycles. The van der Waals surface area contributed by atoms with Crippen LogP contribution in [0.2, 0.25) is 0 Å². The lowest BCUT2D eigenvalue weighted by atomic mass is 9.94. The van der Waals surface area contributed by atoms with E-state index in [0.29, 0.717) is 12.0 Å². The molecule has 0 saturated carbocycles. The number of hydrogen-bond acceptors (Lipinski definition) is 4. The zero-order valence-electron chi connectivity index (χ0n) is 13.4. The fourth-order valence-corrected chi connectivity index (χ4v) is 3.00. The van der Waals surface area contributed by atoms with Crippen molar-refractivity contribution in [1.82, 2.24) is 15.1 Å². The van der Waals surface area contributed by atoms with Crippen LogP contribution in [0.1, 0.15) is 26.7 Å². The molecule has 6 nitrogen and oxygen atoms in total. The summed E-state index contributed by atoms with van der Waals surface area (Å²) < 4.78 is 6.85. The first kappa shape index (κ1) is 15.7. The Morgan fingerprint density at radius 1 is 1.43 bits per heavy atom. The molecule has 0 spiro atoms. The van der Waals surface area contributed by atoms with E-state index in [1.807, 2.05) is 26.0 Å². The molecule has 6 heteroatoms. The van der Waals surface area contributed by atoms with E-state index in [0.717, 1.165) is 18.2 Å². The van der Waals surface area contributed by atoms with Crippen molar-refractivity contribution in [2.24, 2.45) is 0 Å². The molecule has 0 aliphatic carbocycles. The number of rotatable bonds is 3.